The van der Waals surface area contributed by atoms with Crippen LogP contribution in [-0.2, 0) is 9.59 Å². The number of hydrogen-bond donors (Lipinski definition) is 1. The van der Waals surface area contributed by atoms with E-state index in [0.717, 1.165) is 18.4 Å². The van der Waals surface area contributed by atoms with E-state index in [1.54, 1.807) is 55.5 Å². The van der Waals surface area contributed by atoms with Gasteiger partial charge < -0.3 is 19.5 Å². The first-order chi connectivity index (χ1) is 13.5. The van der Waals surface area contributed by atoms with Gasteiger partial charge in [0.2, 0.25) is 0 Å². The summed E-state index contributed by atoms with van der Waals surface area (Å²) in [6, 6.07) is 13.4. The zero-order valence-electron chi connectivity index (χ0n) is 15.7. The number of methoxy groups -OCH3 is 2. The lowest BCUT2D eigenvalue weighted by Gasteiger charge is -2.25. The molecule has 2 aliphatic rings. The largest absolute Gasteiger partial charge is 0.507 e. The Morgan fingerprint density at radius 3 is 1.96 bits per heavy atom. The maximum Gasteiger partial charge on any atom is 0.295 e. The van der Waals surface area contributed by atoms with Gasteiger partial charge in [0.05, 0.1) is 25.8 Å². The average Bonchev–Trinajstić information content (AvgIpc) is 3.54. The van der Waals surface area contributed by atoms with Crippen molar-refractivity contribution in [1.82, 2.24) is 4.90 Å². The van der Waals surface area contributed by atoms with E-state index in [9.17, 15) is 14.7 Å². The van der Waals surface area contributed by atoms with E-state index in [1.807, 2.05) is 12.1 Å². The first-order valence-electron chi connectivity index (χ1n) is 9.13. The average molecular weight is 379 g/mol. The van der Waals surface area contributed by atoms with Gasteiger partial charge in [-0.3, -0.25) is 9.59 Å². The summed E-state index contributed by atoms with van der Waals surface area (Å²) in [5.74, 6) is -0.0617. The molecule has 1 heterocycles. The number of Topliss-reactive ketones (excluding diaryl/α,β-unsaturated/α-hetero) is 1. The summed E-state index contributed by atoms with van der Waals surface area (Å²) >= 11 is 0. The lowest BCUT2D eigenvalue weighted by molar-refractivity contribution is -0.140. The monoisotopic (exact) mass is 379 g/mol. The number of benzene rings is 2. The van der Waals surface area contributed by atoms with E-state index in [2.05, 4.69) is 0 Å². The first kappa shape index (κ1) is 18.1. The second kappa shape index (κ2) is 7.03. The Hall–Kier alpha value is -3.28. The number of nitrogens with zero attached hydrogens (tertiary/aromatic N) is 1. The molecule has 1 saturated carbocycles. The third-order valence-electron chi connectivity index (χ3n) is 5.22. The molecule has 2 aromatic rings. The van der Waals surface area contributed by atoms with E-state index in [-0.39, 0.29) is 17.4 Å². The number of aliphatic hydroxyl groups is 1. The van der Waals surface area contributed by atoms with Gasteiger partial charge >= 0.3 is 0 Å². The molecule has 0 aromatic heterocycles. The lowest BCUT2D eigenvalue weighted by atomic mass is 9.95. The highest BCUT2D eigenvalue weighted by Gasteiger charge is 2.51. The third kappa shape index (κ3) is 3.01. The summed E-state index contributed by atoms with van der Waals surface area (Å²) in [7, 11) is 3.13. The third-order valence-corrected chi connectivity index (χ3v) is 5.22. The van der Waals surface area contributed by atoms with Crippen molar-refractivity contribution in [2.45, 2.75) is 24.9 Å². The Labute approximate surface area is 163 Å². The minimum absolute atomic E-state index is 0.0321. The van der Waals surface area contributed by atoms with Crippen molar-refractivity contribution in [2.75, 3.05) is 14.2 Å². The molecule has 1 aliphatic heterocycles. The van der Waals surface area contributed by atoms with Crippen molar-refractivity contribution in [3.05, 3.63) is 65.2 Å². The van der Waals surface area contributed by atoms with Crippen LogP contribution >= 0.6 is 0 Å². The number of likely N-dealkylation sites (tertiary alicyclic amines) is 1. The summed E-state index contributed by atoms with van der Waals surface area (Å²) in [5, 5.41) is 10.9. The van der Waals surface area contributed by atoms with Crippen molar-refractivity contribution < 1.29 is 24.2 Å². The molecule has 144 valence electrons. The second-order valence-corrected chi connectivity index (χ2v) is 6.94. The van der Waals surface area contributed by atoms with Crippen LogP contribution in [0.1, 0.15) is 30.0 Å². The van der Waals surface area contributed by atoms with Crippen molar-refractivity contribution in [1.29, 1.82) is 0 Å². The molecule has 2 aromatic carbocycles. The number of hydrogen-bond acceptors (Lipinski definition) is 5. The molecule has 1 saturated heterocycles. The van der Waals surface area contributed by atoms with E-state index in [1.165, 1.54) is 0 Å². The molecule has 6 nitrogen and oxygen atoms in total. The van der Waals surface area contributed by atoms with Crippen LogP contribution < -0.4 is 9.47 Å². The highest BCUT2D eigenvalue weighted by Crippen LogP contribution is 2.45. The Morgan fingerprint density at radius 2 is 1.46 bits per heavy atom. The Balaban J connectivity index is 1.83. The Bertz CT molecular complexity index is 942. The van der Waals surface area contributed by atoms with Crippen LogP contribution in [-0.4, -0.2) is 42.0 Å². The number of rotatable bonds is 5. The molecule has 0 spiro atoms. The minimum Gasteiger partial charge on any atom is -0.507 e. The Morgan fingerprint density at radius 1 is 0.929 bits per heavy atom. The molecule has 0 bridgehead atoms. The van der Waals surface area contributed by atoms with Gasteiger partial charge in [0.25, 0.3) is 11.7 Å². The fraction of sp³-hybridized carbons (Fsp3) is 0.273. The summed E-state index contributed by atoms with van der Waals surface area (Å²) in [6.07, 6.45) is 1.73. The first-order valence-corrected chi connectivity index (χ1v) is 9.13. The van der Waals surface area contributed by atoms with Gasteiger partial charge in [0.15, 0.2) is 0 Å². The molecule has 0 unspecified atom stereocenters. The number of amides is 1. The van der Waals surface area contributed by atoms with Gasteiger partial charge in [0.1, 0.15) is 17.3 Å². The molecule has 6 heteroatoms. The smallest absolute Gasteiger partial charge is 0.295 e. The van der Waals surface area contributed by atoms with Crippen molar-refractivity contribution in [2.24, 2.45) is 0 Å². The van der Waals surface area contributed by atoms with E-state index in [0.29, 0.717) is 17.1 Å². The van der Waals surface area contributed by atoms with E-state index in [4.69, 9.17) is 9.47 Å². The maximum absolute atomic E-state index is 12.8. The molecule has 1 amide bonds. The SMILES string of the molecule is COc1ccc(C(O)=C2C(=O)C(=O)N(C3CC3)[C@H]2c2ccc(OC)cc2)cc1. The molecule has 1 N–H and O–H groups in total. The number of carbonyl (C=O) groups excluding carboxylic acids is 2. The molecule has 1 atom stereocenters. The predicted molar refractivity (Wildman–Crippen MR) is 103 cm³/mol. The van der Waals surface area contributed by atoms with Gasteiger partial charge in [0, 0.05) is 11.6 Å². The predicted octanol–water partition coefficient (Wildman–Crippen LogP) is 3.29. The quantitative estimate of drug-likeness (QED) is 0.490. The summed E-state index contributed by atoms with van der Waals surface area (Å²) in [5.41, 5.74) is 1.35. The van der Waals surface area contributed by atoms with Crippen LogP contribution in [0.2, 0.25) is 0 Å². The van der Waals surface area contributed by atoms with Gasteiger partial charge in [-0.1, -0.05) is 12.1 Å². The van der Waals surface area contributed by atoms with Crippen molar-refractivity contribution in [3.8, 4) is 11.5 Å². The minimum atomic E-state index is -0.652. The van der Waals surface area contributed by atoms with E-state index >= 15 is 0 Å². The van der Waals surface area contributed by atoms with Gasteiger partial charge in [-0.2, -0.15) is 0 Å². The molecule has 0 radical (unpaired) electrons. The van der Waals surface area contributed by atoms with Crippen LogP contribution in [0.4, 0.5) is 0 Å². The fourth-order valence-corrected chi connectivity index (χ4v) is 3.60. The lowest BCUT2D eigenvalue weighted by Crippen LogP contribution is -2.31. The number of ketones is 1. The van der Waals surface area contributed by atoms with Gasteiger partial charge in [-0.15, -0.1) is 0 Å². The Kier molecular flexibility index (Phi) is 4.55. The standard InChI is InChI=1S/C22H21NO5/c1-27-16-9-3-13(4-10-16)19-18(21(25)22(26)23(19)15-7-8-15)20(24)14-5-11-17(28-2)12-6-14/h3-6,9-12,15,19,24H,7-8H2,1-2H3/t19-/m0/s1. The molecule has 2 fully saturated rings. The van der Waals surface area contributed by atoms with Crippen LogP contribution in [0.15, 0.2) is 54.1 Å². The second-order valence-electron chi connectivity index (χ2n) is 6.94. The molecule has 1 aliphatic carbocycles. The summed E-state index contributed by atoms with van der Waals surface area (Å²) < 4.78 is 10.3. The fourth-order valence-electron chi connectivity index (χ4n) is 3.60. The zero-order valence-corrected chi connectivity index (χ0v) is 15.7. The number of carbonyl (C=O) groups is 2. The number of ether oxygens (including phenoxy) is 2. The summed E-state index contributed by atoms with van der Waals surface area (Å²) in [4.78, 5) is 27.2. The van der Waals surface area contributed by atoms with Gasteiger partial charge in [-0.05, 0) is 54.8 Å². The summed E-state index contributed by atoms with van der Waals surface area (Å²) in [6.45, 7) is 0. The van der Waals surface area contributed by atoms with Crippen LogP contribution in [0.5, 0.6) is 11.5 Å². The highest BCUT2D eigenvalue weighted by molar-refractivity contribution is 6.46. The van der Waals surface area contributed by atoms with Crippen LogP contribution in [0.25, 0.3) is 5.76 Å². The van der Waals surface area contributed by atoms with Crippen LogP contribution in [0.3, 0.4) is 0 Å². The normalized spacial score (nSPS) is 21.1. The molecule has 4 rings (SSSR count). The maximum atomic E-state index is 12.8. The highest BCUT2D eigenvalue weighted by atomic mass is 16.5. The van der Waals surface area contributed by atoms with Crippen LogP contribution in [0, 0.1) is 0 Å². The van der Waals surface area contributed by atoms with Crippen molar-refractivity contribution in [3.63, 3.8) is 0 Å². The van der Waals surface area contributed by atoms with E-state index < -0.39 is 17.7 Å². The number of aliphatic hydroxyl groups excluding tert-OH is 1. The van der Waals surface area contributed by atoms with Gasteiger partial charge in [-0.25, -0.2) is 0 Å². The van der Waals surface area contributed by atoms with Crippen molar-refractivity contribution >= 4 is 17.4 Å². The zero-order chi connectivity index (χ0) is 19.8. The molecular weight excluding hydrogens is 358 g/mol. The topological polar surface area (TPSA) is 76.1 Å². The molecule has 28 heavy (non-hydrogen) atoms. The molecular formula is C22H21NO5.